The number of ether oxygens (including phenoxy) is 1. The van der Waals surface area contributed by atoms with Crippen LogP contribution in [0.1, 0.15) is 30.5 Å². The summed E-state index contributed by atoms with van der Waals surface area (Å²) in [4.78, 5) is 14.8. The molecule has 126 valence electrons. The molecule has 2 unspecified atom stereocenters. The molecule has 0 bridgehead atoms. The van der Waals surface area contributed by atoms with E-state index in [0.29, 0.717) is 13.0 Å². The predicted molar refractivity (Wildman–Crippen MR) is 90.4 cm³/mol. The van der Waals surface area contributed by atoms with Crippen LogP contribution in [0.4, 0.5) is 0 Å². The number of aryl methyl sites for hydroxylation is 1. The van der Waals surface area contributed by atoms with Crippen LogP contribution in [0, 0.1) is 0 Å². The number of carbonyl (C=O) groups excluding carboxylic acids is 1. The number of piperazine rings is 1. The second-order valence-corrected chi connectivity index (χ2v) is 6.30. The minimum Gasteiger partial charge on any atom is -0.375 e. The van der Waals surface area contributed by atoms with Crippen molar-refractivity contribution in [1.29, 1.82) is 0 Å². The number of amides is 1. The molecule has 23 heavy (non-hydrogen) atoms. The Morgan fingerprint density at radius 1 is 1.22 bits per heavy atom. The van der Waals surface area contributed by atoms with Gasteiger partial charge < -0.3 is 20.3 Å². The number of nitrogens with one attached hydrogen (secondary N) is 2. The van der Waals surface area contributed by atoms with Gasteiger partial charge in [-0.3, -0.25) is 4.79 Å². The molecule has 1 aromatic carbocycles. The van der Waals surface area contributed by atoms with Gasteiger partial charge in [-0.05, 0) is 17.5 Å². The molecule has 2 saturated heterocycles. The van der Waals surface area contributed by atoms with E-state index in [-0.39, 0.29) is 18.1 Å². The van der Waals surface area contributed by atoms with Gasteiger partial charge in [0.15, 0.2) is 0 Å². The Morgan fingerprint density at radius 2 is 2.00 bits per heavy atom. The fourth-order valence-corrected chi connectivity index (χ4v) is 3.34. The molecule has 0 spiro atoms. The molecular formula is C18H27N3O2. The summed E-state index contributed by atoms with van der Waals surface area (Å²) in [5, 5.41) is 6.70. The van der Waals surface area contributed by atoms with E-state index in [1.54, 1.807) is 0 Å². The minimum absolute atomic E-state index is 0.00857. The number of morpholine rings is 1. The maximum absolute atomic E-state index is 12.8. The lowest BCUT2D eigenvalue weighted by Crippen LogP contribution is -2.50. The summed E-state index contributed by atoms with van der Waals surface area (Å²) < 4.78 is 5.69. The molecule has 2 heterocycles. The van der Waals surface area contributed by atoms with E-state index >= 15 is 0 Å². The van der Waals surface area contributed by atoms with Gasteiger partial charge in [-0.2, -0.15) is 0 Å². The highest BCUT2D eigenvalue weighted by molar-refractivity contribution is 5.77. The largest absolute Gasteiger partial charge is 0.375 e. The zero-order chi connectivity index (χ0) is 16.1. The lowest BCUT2D eigenvalue weighted by atomic mass is 10.00. The van der Waals surface area contributed by atoms with Crippen molar-refractivity contribution in [1.82, 2.24) is 15.5 Å². The monoisotopic (exact) mass is 317 g/mol. The van der Waals surface area contributed by atoms with E-state index in [1.165, 1.54) is 11.1 Å². The lowest BCUT2D eigenvalue weighted by Gasteiger charge is -2.37. The second-order valence-electron chi connectivity index (χ2n) is 6.30. The van der Waals surface area contributed by atoms with E-state index in [4.69, 9.17) is 4.74 Å². The Hall–Kier alpha value is -1.43. The van der Waals surface area contributed by atoms with E-state index in [1.807, 2.05) is 4.90 Å². The summed E-state index contributed by atoms with van der Waals surface area (Å²) in [6, 6.07) is 8.78. The molecule has 2 N–H and O–H groups in total. The van der Waals surface area contributed by atoms with Crippen LogP contribution < -0.4 is 10.6 Å². The van der Waals surface area contributed by atoms with E-state index in [9.17, 15) is 4.79 Å². The summed E-state index contributed by atoms with van der Waals surface area (Å²) in [6.07, 6.45) is 1.52. The second kappa shape index (κ2) is 7.90. The molecule has 1 aromatic rings. The van der Waals surface area contributed by atoms with Crippen molar-refractivity contribution in [3.63, 3.8) is 0 Å². The average molecular weight is 317 g/mol. The van der Waals surface area contributed by atoms with Gasteiger partial charge in [-0.15, -0.1) is 0 Å². The third-order valence-electron chi connectivity index (χ3n) is 4.74. The van der Waals surface area contributed by atoms with Gasteiger partial charge >= 0.3 is 0 Å². The van der Waals surface area contributed by atoms with E-state index in [0.717, 1.165) is 39.1 Å². The quantitative estimate of drug-likeness (QED) is 0.873. The van der Waals surface area contributed by atoms with Crippen molar-refractivity contribution in [3.05, 3.63) is 35.4 Å². The third-order valence-corrected chi connectivity index (χ3v) is 4.74. The van der Waals surface area contributed by atoms with Crippen LogP contribution in [-0.4, -0.2) is 56.2 Å². The topological polar surface area (TPSA) is 53.6 Å². The summed E-state index contributed by atoms with van der Waals surface area (Å²) in [6.45, 7) is 6.95. The molecule has 2 fully saturated rings. The summed E-state index contributed by atoms with van der Waals surface area (Å²) in [5.74, 6) is 0.199. The fraction of sp³-hybridized carbons (Fsp3) is 0.611. The summed E-state index contributed by atoms with van der Waals surface area (Å²) in [7, 11) is 0. The van der Waals surface area contributed by atoms with Gasteiger partial charge in [0.1, 0.15) is 0 Å². The van der Waals surface area contributed by atoms with Crippen molar-refractivity contribution in [2.45, 2.75) is 31.9 Å². The molecule has 0 aromatic heterocycles. The maximum Gasteiger partial charge on any atom is 0.225 e. The van der Waals surface area contributed by atoms with Crippen LogP contribution in [0.3, 0.4) is 0 Å². The van der Waals surface area contributed by atoms with Crippen molar-refractivity contribution in [3.8, 4) is 0 Å². The molecule has 5 nitrogen and oxygen atoms in total. The first kappa shape index (κ1) is 16.4. The highest BCUT2D eigenvalue weighted by Gasteiger charge is 2.29. The smallest absolute Gasteiger partial charge is 0.225 e. The Morgan fingerprint density at radius 3 is 2.70 bits per heavy atom. The predicted octanol–water partition coefficient (Wildman–Crippen LogP) is 1.10. The molecule has 0 aliphatic carbocycles. The van der Waals surface area contributed by atoms with Crippen LogP contribution in [0.25, 0.3) is 0 Å². The molecule has 3 rings (SSSR count). The number of carbonyl (C=O) groups is 1. The van der Waals surface area contributed by atoms with Crippen LogP contribution in [-0.2, 0) is 16.0 Å². The maximum atomic E-state index is 12.8. The fourth-order valence-electron chi connectivity index (χ4n) is 3.34. The number of rotatable bonds is 4. The zero-order valence-corrected chi connectivity index (χ0v) is 13.9. The summed E-state index contributed by atoms with van der Waals surface area (Å²) >= 11 is 0. The van der Waals surface area contributed by atoms with Gasteiger partial charge in [0.05, 0.1) is 25.2 Å². The average Bonchev–Trinajstić information content (AvgIpc) is 2.62. The highest BCUT2D eigenvalue weighted by Crippen LogP contribution is 2.24. The van der Waals surface area contributed by atoms with Crippen molar-refractivity contribution in [2.75, 3.05) is 39.3 Å². The van der Waals surface area contributed by atoms with Crippen LogP contribution in [0.2, 0.25) is 0 Å². The number of nitrogens with zero attached hydrogens (tertiary/aromatic N) is 1. The van der Waals surface area contributed by atoms with Gasteiger partial charge in [-0.1, -0.05) is 31.2 Å². The van der Waals surface area contributed by atoms with Crippen LogP contribution in [0.5, 0.6) is 0 Å². The van der Waals surface area contributed by atoms with E-state index < -0.39 is 0 Å². The van der Waals surface area contributed by atoms with Gasteiger partial charge in [0, 0.05) is 32.7 Å². The van der Waals surface area contributed by atoms with Crippen molar-refractivity contribution >= 4 is 5.91 Å². The lowest BCUT2D eigenvalue weighted by molar-refractivity contribution is -0.138. The standard InChI is InChI=1S/C18H27N3O2/c1-2-14-3-5-15(6-4-14)17-13-19-7-9-21(17)18(22)11-16-12-20-8-10-23-16/h3-6,16-17,19-20H,2,7-13H2,1H3. The Kier molecular flexibility index (Phi) is 5.65. The highest BCUT2D eigenvalue weighted by atomic mass is 16.5. The number of benzene rings is 1. The Labute approximate surface area is 138 Å². The first-order chi connectivity index (χ1) is 11.3. The zero-order valence-electron chi connectivity index (χ0n) is 13.9. The third kappa shape index (κ3) is 4.10. The van der Waals surface area contributed by atoms with Gasteiger partial charge in [0.25, 0.3) is 0 Å². The molecule has 2 aliphatic heterocycles. The molecule has 0 saturated carbocycles. The van der Waals surface area contributed by atoms with E-state index in [2.05, 4.69) is 41.8 Å². The van der Waals surface area contributed by atoms with Crippen molar-refractivity contribution in [2.24, 2.45) is 0 Å². The summed E-state index contributed by atoms with van der Waals surface area (Å²) in [5.41, 5.74) is 2.54. The molecule has 1 amide bonds. The number of hydrogen-bond acceptors (Lipinski definition) is 4. The normalized spacial score (nSPS) is 25.3. The number of hydrogen-bond donors (Lipinski definition) is 2. The molecule has 5 heteroatoms. The molecule has 2 atom stereocenters. The van der Waals surface area contributed by atoms with Crippen LogP contribution in [0.15, 0.2) is 24.3 Å². The minimum atomic E-state index is 0.00857. The first-order valence-corrected chi connectivity index (χ1v) is 8.69. The van der Waals surface area contributed by atoms with Crippen molar-refractivity contribution < 1.29 is 9.53 Å². The molecule has 0 radical (unpaired) electrons. The Balaban J connectivity index is 1.68. The Bertz CT molecular complexity index is 512. The van der Waals surface area contributed by atoms with Gasteiger partial charge in [0.2, 0.25) is 5.91 Å². The molecule has 2 aliphatic rings. The SMILES string of the molecule is CCc1ccc(C2CNCCN2C(=O)CC2CNCCO2)cc1. The molecular weight excluding hydrogens is 290 g/mol. The van der Waals surface area contributed by atoms with Crippen LogP contribution >= 0.6 is 0 Å². The van der Waals surface area contributed by atoms with Gasteiger partial charge in [-0.25, -0.2) is 0 Å². The first-order valence-electron chi connectivity index (χ1n) is 8.69.